The van der Waals surface area contributed by atoms with Crippen LogP contribution in [0.4, 0.5) is 28.9 Å². The number of piperidine rings is 1. The number of amides is 1. The highest BCUT2D eigenvalue weighted by Crippen LogP contribution is 2.52. The minimum atomic E-state index is -4.71. The van der Waals surface area contributed by atoms with Gasteiger partial charge in [-0.15, -0.1) is 24.5 Å². The molecule has 11 heteroatoms. The molecule has 0 radical (unpaired) electrons. The second-order valence-corrected chi connectivity index (χ2v) is 11.5. The van der Waals surface area contributed by atoms with Crippen molar-refractivity contribution in [3.63, 3.8) is 0 Å². The topological polar surface area (TPSA) is 45.2 Å². The predicted molar refractivity (Wildman–Crippen MR) is 144 cm³/mol. The minimum absolute atomic E-state index is 0.128. The molecule has 2 atom stereocenters. The van der Waals surface area contributed by atoms with Crippen LogP contribution in [0, 0.1) is 23.6 Å². The van der Waals surface area contributed by atoms with E-state index >= 15 is 4.39 Å². The van der Waals surface area contributed by atoms with Gasteiger partial charge in [-0.25, -0.2) is 4.39 Å². The van der Waals surface area contributed by atoms with Crippen molar-refractivity contribution in [1.29, 1.82) is 0 Å². The molecule has 0 bridgehead atoms. The van der Waals surface area contributed by atoms with Gasteiger partial charge in [-0.1, -0.05) is 18.2 Å². The zero-order valence-electron chi connectivity index (χ0n) is 21.6. The molecule has 1 aromatic heterocycles. The lowest BCUT2D eigenvalue weighted by Gasteiger charge is -2.30. The SMILES string of the molecule is O=C(c1cccs1)N(CC1C2CN(Cc3ccc(OC(F)(F)F)cc3)CC21)c1ccc(N2CCOCC2)c(F)c1. The van der Waals surface area contributed by atoms with E-state index in [1.54, 1.807) is 29.2 Å². The number of hydrogen-bond donors (Lipinski definition) is 0. The van der Waals surface area contributed by atoms with Crippen LogP contribution in [0.3, 0.4) is 0 Å². The molecule has 2 aromatic carbocycles. The molecule has 1 saturated carbocycles. The number of ether oxygens (including phenoxy) is 2. The van der Waals surface area contributed by atoms with E-state index in [0.29, 0.717) is 73.4 Å². The number of rotatable bonds is 8. The van der Waals surface area contributed by atoms with Gasteiger partial charge in [0.15, 0.2) is 0 Å². The number of anilines is 2. The van der Waals surface area contributed by atoms with E-state index in [0.717, 1.165) is 18.7 Å². The standard InChI is InChI=1S/C29H29F4N3O3S/c30-25-14-20(5-8-26(25)35-9-11-38-12-10-35)36(28(37)27-2-1-13-40-27)18-24-22-16-34(17-23(22)24)15-19-3-6-21(7-4-19)39-29(31,32)33/h1-8,13-14,22-24H,9-12,15-18H2. The molecule has 3 heterocycles. The van der Waals surface area contributed by atoms with E-state index in [2.05, 4.69) is 9.64 Å². The molecule has 212 valence electrons. The molecule has 1 aliphatic carbocycles. The third-order valence-electron chi connectivity index (χ3n) is 7.98. The van der Waals surface area contributed by atoms with Gasteiger partial charge in [0.25, 0.3) is 5.91 Å². The van der Waals surface area contributed by atoms with Crippen molar-refractivity contribution in [3.8, 4) is 5.75 Å². The summed E-state index contributed by atoms with van der Waals surface area (Å²) in [6.45, 7) is 5.22. The Morgan fingerprint density at radius 1 is 1.05 bits per heavy atom. The van der Waals surface area contributed by atoms with Gasteiger partial charge in [0.2, 0.25) is 0 Å². The first-order valence-corrected chi connectivity index (χ1v) is 14.2. The summed E-state index contributed by atoms with van der Waals surface area (Å²) in [6.07, 6.45) is -4.71. The van der Waals surface area contributed by atoms with Crippen molar-refractivity contribution in [2.24, 2.45) is 17.8 Å². The fourth-order valence-corrected chi connectivity index (χ4v) is 6.64. The lowest BCUT2D eigenvalue weighted by atomic mass is 10.1. The molecule has 3 aliphatic rings. The third-order valence-corrected chi connectivity index (χ3v) is 8.83. The van der Waals surface area contributed by atoms with Crippen LogP contribution in [0.5, 0.6) is 5.75 Å². The minimum Gasteiger partial charge on any atom is -0.406 e. The second kappa shape index (κ2) is 11.0. The molecular formula is C29H29F4N3O3S. The van der Waals surface area contributed by atoms with Crippen molar-refractivity contribution < 1.29 is 31.8 Å². The van der Waals surface area contributed by atoms with Crippen molar-refractivity contribution in [3.05, 3.63) is 76.2 Å². The van der Waals surface area contributed by atoms with Crippen LogP contribution in [0.15, 0.2) is 60.0 Å². The zero-order chi connectivity index (χ0) is 27.9. The van der Waals surface area contributed by atoms with E-state index in [-0.39, 0.29) is 17.5 Å². The first-order chi connectivity index (χ1) is 19.2. The summed E-state index contributed by atoms with van der Waals surface area (Å²) < 4.78 is 61.9. The predicted octanol–water partition coefficient (Wildman–Crippen LogP) is 5.65. The van der Waals surface area contributed by atoms with Crippen molar-refractivity contribution in [2.45, 2.75) is 12.9 Å². The highest BCUT2D eigenvalue weighted by molar-refractivity contribution is 7.12. The number of nitrogens with zero attached hydrogens (tertiary/aromatic N) is 3. The number of benzene rings is 2. The third kappa shape index (κ3) is 5.96. The average Bonchev–Trinajstić information content (AvgIpc) is 3.30. The van der Waals surface area contributed by atoms with E-state index in [4.69, 9.17) is 4.74 Å². The number of halogens is 4. The number of thiophene rings is 1. The Balaban J connectivity index is 1.11. The normalized spacial score (nSPS) is 22.7. The molecule has 0 N–H and O–H groups in total. The maximum atomic E-state index is 15.3. The number of likely N-dealkylation sites (tertiary alicyclic amines) is 1. The van der Waals surface area contributed by atoms with Gasteiger partial charge in [-0.05, 0) is 65.1 Å². The summed E-state index contributed by atoms with van der Waals surface area (Å²) in [5.74, 6) is 0.441. The molecule has 6 rings (SSSR count). The highest BCUT2D eigenvalue weighted by atomic mass is 32.1. The van der Waals surface area contributed by atoms with Gasteiger partial charge in [0.05, 0.1) is 23.8 Å². The Labute approximate surface area is 233 Å². The van der Waals surface area contributed by atoms with E-state index < -0.39 is 6.36 Å². The quantitative estimate of drug-likeness (QED) is 0.325. The van der Waals surface area contributed by atoms with E-state index in [1.165, 1.54) is 29.5 Å². The molecule has 2 aliphatic heterocycles. The van der Waals surface area contributed by atoms with Crippen LogP contribution in [-0.4, -0.2) is 63.1 Å². The summed E-state index contributed by atoms with van der Waals surface area (Å²) in [7, 11) is 0. The summed E-state index contributed by atoms with van der Waals surface area (Å²) in [5, 5.41) is 1.86. The van der Waals surface area contributed by atoms with Gasteiger partial charge >= 0.3 is 6.36 Å². The van der Waals surface area contributed by atoms with E-state index in [1.807, 2.05) is 22.4 Å². The maximum absolute atomic E-state index is 15.3. The number of morpholine rings is 1. The summed E-state index contributed by atoms with van der Waals surface area (Å²) in [4.78, 5) is 20.1. The Hall–Kier alpha value is -3.15. The van der Waals surface area contributed by atoms with Crippen LogP contribution >= 0.6 is 11.3 Å². The Morgan fingerprint density at radius 3 is 2.40 bits per heavy atom. The largest absolute Gasteiger partial charge is 0.573 e. The Bertz CT molecular complexity index is 1320. The molecule has 1 amide bonds. The van der Waals surface area contributed by atoms with Crippen LogP contribution in [0.25, 0.3) is 0 Å². The Morgan fingerprint density at radius 2 is 1.77 bits per heavy atom. The van der Waals surface area contributed by atoms with Crippen molar-refractivity contribution >= 4 is 28.6 Å². The average molecular weight is 576 g/mol. The number of carbonyl (C=O) groups is 1. The van der Waals surface area contributed by atoms with Gasteiger partial charge < -0.3 is 19.3 Å². The van der Waals surface area contributed by atoms with Crippen molar-refractivity contribution in [1.82, 2.24) is 4.90 Å². The number of fused-ring (bicyclic) bond motifs is 1. The molecule has 0 spiro atoms. The van der Waals surface area contributed by atoms with Crippen LogP contribution in [-0.2, 0) is 11.3 Å². The number of alkyl halides is 3. The maximum Gasteiger partial charge on any atom is 0.573 e. The van der Waals surface area contributed by atoms with Crippen LogP contribution in [0.1, 0.15) is 15.2 Å². The zero-order valence-corrected chi connectivity index (χ0v) is 22.5. The van der Waals surface area contributed by atoms with Crippen LogP contribution < -0.4 is 14.5 Å². The number of carbonyl (C=O) groups excluding carboxylic acids is 1. The lowest BCUT2D eigenvalue weighted by Crippen LogP contribution is -2.37. The van der Waals surface area contributed by atoms with Crippen molar-refractivity contribution in [2.75, 3.05) is 55.7 Å². The molecule has 2 saturated heterocycles. The molecule has 6 nitrogen and oxygen atoms in total. The first kappa shape index (κ1) is 27.0. The van der Waals surface area contributed by atoms with Gasteiger partial charge in [0, 0.05) is 45.0 Å². The summed E-state index contributed by atoms with van der Waals surface area (Å²) in [6, 6.07) is 14.6. The number of hydrogen-bond acceptors (Lipinski definition) is 6. The molecule has 40 heavy (non-hydrogen) atoms. The molecule has 3 aromatic rings. The first-order valence-electron chi connectivity index (χ1n) is 13.3. The molecular weight excluding hydrogens is 546 g/mol. The second-order valence-electron chi connectivity index (χ2n) is 10.5. The smallest absolute Gasteiger partial charge is 0.406 e. The summed E-state index contributed by atoms with van der Waals surface area (Å²) >= 11 is 1.37. The van der Waals surface area contributed by atoms with E-state index in [9.17, 15) is 18.0 Å². The van der Waals surface area contributed by atoms with Gasteiger partial charge in [-0.3, -0.25) is 9.69 Å². The fourth-order valence-electron chi connectivity index (χ4n) is 5.97. The molecule has 3 fully saturated rings. The van der Waals surface area contributed by atoms with Crippen LogP contribution in [0.2, 0.25) is 0 Å². The molecule has 2 unspecified atom stereocenters. The summed E-state index contributed by atoms with van der Waals surface area (Å²) in [5.41, 5.74) is 1.99. The van der Waals surface area contributed by atoms with Gasteiger partial charge in [-0.2, -0.15) is 0 Å². The fraction of sp³-hybridized carbons (Fsp3) is 0.414. The van der Waals surface area contributed by atoms with Gasteiger partial charge in [0.1, 0.15) is 11.6 Å². The monoisotopic (exact) mass is 575 g/mol. The highest BCUT2D eigenvalue weighted by Gasteiger charge is 2.56. The lowest BCUT2D eigenvalue weighted by molar-refractivity contribution is -0.274. The Kier molecular flexibility index (Phi) is 7.45.